The van der Waals surface area contributed by atoms with Crippen molar-refractivity contribution in [3.8, 4) is 0 Å². The smallest absolute Gasteiger partial charge is 0.130 e. The second-order valence-electron chi connectivity index (χ2n) is 12.5. The van der Waals surface area contributed by atoms with E-state index >= 15 is 4.39 Å². The molecule has 3 aliphatic carbocycles. The third kappa shape index (κ3) is 6.88. The molecule has 2 fully saturated rings. The summed E-state index contributed by atoms with van der Waals surface area (Å²) in [6, 6.07) is 4.54. The van der Waals surface area contributed by atoms with Crippen LogP contribution in [0.2, 0.25) is 0 Å². The van der Waals surface area contributed by atoms with Crippen LogP contribution >= 0.6 is 0 Å². The SMILES string of the molecule is CCCCCCCC1CCc2c(ccc(C3CCC4CC(CCCCCC)CCC4C3)c2F)C1. The number of rotatable bonds is 12. The summed E-state index contributed by atoms with van der Waals surface area (Å²) in [5, 5.41) is 0. The highest BCUT2D eigenvalue weighted by Gasteiger charge is 2.37. The quantitative estimate of drug-likeness (QED) is 0.268. The summed E-state index contributed by atoms with van der Waals surface area (Å²) >= 11 is 0. The molecule has 0 aromatic heterocycles. The van der Waals surface area contributed by atoms with Gasteiger partial charge in [-0.3, -0.25) is 0 Å². The molecule has 5 unspecified atom stereocenters. The van der Waals surface area contributed by atoms with Crippen molar-refractivity contribution in [1.82, 2.24) is 0 Å². The number of hydrogen-bond acceptors (Lipinski definition) is 0. The molecule has 0 heterocycles. The maximum Gasteiger partial charge on any atom is 0.130 e. The molecular weight excluding hydrogens is 415 g/mol. The highest BCUT2D eigenvalue weighted by atomic mass is 19.1. The summed E-state index contributed by atoms with van der Waals surface area (Å²) in [5.41, 5.74) is 3.51. The number of benzene rings is 1. The van der Waals surface area contributed by atoms with Crippen molar-refractivity contribution in [2.75, 3.05) is 0 Å². The van der Waals surface area contributed by atoms with Gasteiger partial charge in [0.2, 0.25) is 0 Å². The predicted molar refractivity (Wildman–Crippen MR) is 145 cm³/mol. The van der Waals surface area contributed by atoms with Crippen LogP contribution in [0.1, 0.15) is 152 Å². The second-order valence-corrected chi connectivity index (χ2v) is 12.5. The molecule has 34 heavy (non-hydrogen) atoms. The number of halogens is 1. The van der Waals surface area contributed by atoms with Crippen molar-refractivity contribution in [2.45, 2.75) is 148 Å². The molecule has 4 rings (SSSR count). The van der Waals surface area contributed by atoms with Gasteiger partial charge in [-0.15, -0.1) is 0 Å². The summed E-state index contributed by atoms with van der Waals surface area (Å²) in [6.07, 6.45) is 26.7. The Morgan fingerprint density at radius 2 is 1.38 bits per heavy atom. The van der Waals surface area contributed by atoms with Crippen molar-refractivity contribution in [2.24, 2.45) is 23.7 Å². The van der Waals surface area contributed by atoms with E-state index in [1.54, 1.807) is 0 Å². The Hall–Kier alpha value is -0.850. The van der Waals surface area contributed by atoms with E-state index in [2.05, 4.69) is 26.0 Å². The Balaban J connectivity index is 1.27. The molecule has 0 bridgehead atoms. The molecule has 3 aliphatic rings. The first-order valence-electron chi connectivity index (χ1n) is 15.5. The van der Waals surface area contributed by atoms with E-state index in [-0.39, 0.29) is 5.82 Å². The highest BCUT2D eigenvalue weighted by molar-refractivity contribution is 5.38. The Morgan fingerprint density at radius 1 is 0.706 bits per heavy atom. The standard InChI is InChI=1S/C33H53F/c1-3-5-7-9-11-13-26-15-20-31-29(23-26)19-21-32(33(31)34)30-18-17-27-22-25(12-10-8-6-4-2)14-16-28(27)24-30/h19,21,25-28,30H,3-18,20,22-24H2,1-2H3. The molecular formula is C33H53F. The second kappa shape index (κ2) is 13.5. The van der Waals surface area contributed by atoms with Crippen LogP contribution in [0.25, 0.3) is 0 Å². The largest absolute Gasteiger partial charge is 0.206 e. The molecule has 1 aromatic rings. The Kier molecular flexibility index (Phi) is 10.4. The number of unbranched alkanes of at least 4 members (excludes halogenated alkanes) is 7. The van der Waals surface area contributed by atoms with Crippen LogP contribution in [0.5, 0.6) is 0 Å². The molecule has 0 spiro atoms. The van der Waals surface area contributed by atoms with E-state index < -0.39 is 0 Å². The monoisotopic (exact) mass is 468 g/mol. The van der Waals surface area contributed by atoms with Gasteiger partial charge in [-0.05, 0) is 97.6 Å². The van der Waals surface area contributed by atoms with E-state index in [0.717, 1.165) is 47.6 Å². The lowest BCUT2D eigenvalue weighted by Crippen LogP contribution is -2.31. The van der Waals surface area contributed by atoms with Gasteiger partial charge in [0.1, 0.15) is 5.82 Å². The van der Waals surface area contributed by atoms with Gasteiger partial charge in [-0.25, -0.2) is 4.39 Å². The molecule has 0 aliphatic heterocycles. The lowest BCUT2D eigenvalue weighted by molar-refractivity contribution is 0.112. The van der Waals surface area contributed by atoms with Crippen LogP contribution in [0.15, 0.2) is 12.1 Å². The van der Waals surface area contributed by atoms with E-state index in [0.29, 0.717) is 5.92 Å². The van der Waals surface area contributed by atoms with Crippen LogP contribution in [-0.4, -0.2) is 0 Å². The van der Waals surface area contributed by atoms with Gasteiger partial charge in [-0.2, -0.15) is 0 Å². The first-order chi connectivity index (χ1) is 16.7. The molecule has 2 saturated carbocycles. The average Bonchev–Trinajstić information content (AvgIpc) is 2.86. The van der Waals surface area contributed by atoms with E-state index in [9.17, 15) is 0 Å². The van der Waals surface area contributed by atoms with Gasteiger partial charge in [0.05, 0.1) is 0 Å². The van der Waals surface area contributed by atoms with Crippen LogP contribution in [-0.2, 0) is 12.8 Å². The molecule has 5 atom stereocenters. The maximum atomic E-state index is 15.7. The van der Waals surface area contributed by atoms with Gasteiger partial charge < -0.3 is 0 Å². The van der Waals surface area contributed by atoms with Crippen molar-refractivity contribution >= 4 is 0 Å². The molecule has 192 valence electrons. The van der Waals surface area contributed by atoms with Gasteiger partial charge in [0.25, 0.3) is 0 Å². The predicted octanol–water partition coefficient (Wildman–Crippen LogP) is 10.6. The minimum absolute atomic E-state index is 0.201. The van der Waals surface area contributed by atoms with Crippen LogP contribution < -0.4 is 0 Å². The molecule has 0 radical (unpaired) electrons. The molecule has 1 heteroatoms. The first kappa shape index (κ1) is 26.2. The first-order valence-corrected chi connectivity index (χ1v) is 15.5. The van der Waals surface area contributed by atoms with Crippen molar-refractivity contribution in [3.05, 3.63) is 34.6 Å². The molecule has 0 saturated heterocycles. The zero-order valence-corrected chi connectivity index (χ0v) is 22.6. The highest BCUT2D eigenvalue weighted by Crippen LogP contribution is 2.49. The topological polar surface area (TPSA) is 0 Å². The minimum Gasteiger partial charge on any atom is -0.206 e. The average molecular weight is 469 g/mol. The van der Waals surface area contributed by atoms with Crippen molar-refractivity contribution in [1.29, 1.82) is 0 Å². The fourth-order valence-corrected chi connectivity index (χ4v) is 7.89. The zero-order valence-electron chi connectivity index (χ0n) is 22.6. The number of hydrogen-bond donors (Lipinski definition) is 0. The Morgan fingerprint density at radius 3 is 2.18 bits per heavy atom. The van der Waals surface area contributed by atoms with E-state index in [4.69, 9.17) is 0 Å². The van der Waals surface area contributed by atoms with Crippen LogP contribution in [0.4, 0.5) is 4.39 Å². The van der Waals surface area contributed by atoms with Gasteiger partial charge in [-0.1, -0.05) is 103 Å². The lowest BCUT2D eigenvalue weighted by Gasteiger charge is -2.42. The summed E-state index contributed by atoms with van der Waals surface area (Å²) < 4.78 is 15.7. The minimum atomic E-state index is 0.201. The number of fused-ring (bicyclic) bond motifs is 2. The van der Waals surface area contributed by atoms with Crippen molar-refractivity contribution < 1.29 is 4.39 Å². The third-order valence-electron chi connectivity index (χ3n) is 10.0. The normalized spacial score (nSPS) is 29.0. The fraction of sp³-hybridized carbons (Fsp3) is 0.818. The molecule has 0 amide bonds. The fourth-order valence-electron chi connectivity index (χ4n) is 7.89. The molecule has 0 N–H and O–H groups in total. The summed E-state index contributed by atoms with van der Waals surface area (Å²) in [6.45, 7) is 4.59. The van der Waals surface area contributed by atoms with Crippen molar-refractivity contribution in [3.63, 3.8) is 0 Å². The lowest BCUT2D eigenvalue weighted by atomic mass is 9.63. The summed E-state index contributed by atoms with van der Waals surface area (Å²) in [4.78, 5) is 0. The van der Waals surface area contributed by atoms with Crippen LogP contribution in [0.3, 0.4) is 0 Å². The molecule has 1 aromatic carbocycles. The van der Waals surface area contributed by atoms with E-state index in [1.165, 1.54) is 121 Å². The third-order valence-corrected chi connectivity index (χ3v) is 10.0. The summed E-state index contributed by atoms with van der Waals surface area (Å²) in [5.74, 6) is 4.23. The maximum absolute atomic E-state index is 15.7. The Labute approximate surface area is 210 Å². The zero-order chi connectivity index (χ0) is 23.8. The van der Waals surface area contributed by atoms with Crippen LogP contribution in [0, 0.1) is 29.5 Å². The van der Waals surface area contributed by atoms with Gasteiger partial charge in [0, 0.05) is 0 Å². The molecule has 0 nitrogen and oxygen atoms in total. The van der Waals surface area contributed by atoms with Gasteiger partial charge in [0.15, 0.2) is 0 Å². The van der Waals surface area contributed by atoms with E-state index in [1.807, 2.05) is 0 Å². The summed E-state index contributed by atoms with van der Waals surface area (Å²) in [7, 11) is 0. The Bertz CT molecular complexity index is 736. The van der Waals surface area contributed by atoms with Gasteiger partial charge >= 0.3 is 0 Å².